The second kappa shape index (κ2) is 8.15. The fourth-order valence-corrected chi connectivity index (χ4v) is 3.45. The van der Waals surface area contributed by atoms with Crippen LogP contribution in [0.5, 0.6) is 0 Å². The third kappa shape index (κ3) is 4.53. The Hall–Kier alpha value is -3.02. The molecule has 3 aromatic rings. The average molecular weight is 430 g/mol. The normalized spacial score (nSPS) is 11.8. The Balaban J connectivity index is 1.88. The Morgan fingerprint density at radius 1 is 1.10 bits per heavy atom. The number of alkyl halides is 2. The molecule has 29 heavy (non-hydrogen) atoms. The fraction of sp³-hybridized carbons (Fsp3) is 0.235. The third-order valence-corrected chi connectivity index (χ3v) is 5.64. The summed E-state index contributed by atoms with van der Waals surface area (Å²) in [6.07, 6.45) is -1.66. The highest BCUT2D eigenvalue weighted by Crippen LogP contribution is 2.25. The smallest absolute Gasteiger partial charge is 0.314 e. The van der Waals surface area contributed by atoms with Crippen molar-refractivity contribution in [2.75, 3.05) is 10.1 Å². The lowest BCUT2D eigenvalue weighted by molar-refractivity contribution is 0.116. The maximum Gasteiger partial charge on any atom is 0.314 e. The van der Waals surface area contributed by atoms with E-state index < -0.39 is 34.0 Å². The van der Waals surface area contributed by atoms with Crippen LogP contribution in [0.1, 0.15) is 24.9 Å². The highest BCUT2D eigenvalue weighted by molar-refractivity contribution is 7.92. The molecule has 0 bridgehead atoms. The molecule has 154 valence electrons. The molecule has 0 aliphatic carbocycles. The van der Waals surface area contributed by atoms with E-state index in [1.165, 1.54) is 25.3 Å². The number of halogens is 4. The molecule has 0 fully saturated rings. The molecule has 0 unspecified atom stereocenters. The van der Waals surface area contributed by atoms with Crippen LogP contribution >= 0.6 is 0 Å². The SMILES string of the molecule is CCS(=O)(=O)N(Cc1ccc(-c2nnc(C(F)F)o2)cn1)c1ccc(F)c(F)c1. The lowest BCUT2D eigenvalue weighted by atomic mass is 10.2. The first-order chi connectivity index (χ1) is 13.7. The van der Waals surface area contributed by atoms with Gasteiger partial charge in [0.1, 0.15) is 0 Å². The quantitative estimate of drug-likeness (QED) is 0.531. The summed E-state index contributed by atoms with van der Waals surface area (Å²) in [7, 11) is -3.83. The zero-order valence-electron chi connectivity index (χ0n) is 14.9. The summed E-state index contributed by atoms with van der Waals surface area (Å²) >= 11 is 0. The maximum atomic E-state index is 13.6. The highest BCUT2D eigenvalue weighted by Gasteiger charge is 2.23. The van der Waals surface area contributed by atoms with Crippen LogP contribution < -0.4 is 4.31 Å². The van der Waals surface area contributed by atoms with Crippen molar-refractivity contribution in [2.24, 2.45) is 0 Å². The lowest BCUT2D eigenvalue weighted by Crippen LogP contribution is -2.32. The summed E-state index contributed by atoms with van der Waals surface area (Å²) in [6, 6.07) is 5.62. The molecule has 0 atom stereocenters. The fourth-order valence-electron chi connectivity index (χ4n) is 2.38. The molecule has 2 aromatic heterocycles. The van der Waals surface area contributed by atoms with Gasteiger partial charge in [0.25, 0.3) is 5.89 Å². The summed E-state index contributed by atoms with van der Waals surface area (Å²) in [5, 5.41) is 6.71. The highest BCUT2D eigenvalue weighted by atomic mass is 32.2. The minimum atomic E-state index is -3.83. The van der Waals surface area contributed by atoms with Gasteiger partial charge in [-0.2, -0.15) is 8.78 Å². The first-order valence-corrected chi connectivity index (χ1v) is 9.84. The van der Waals surface area contributed by atoms with Crippen molar-refractivity contribution in [3.05, 3.63) is 59.7 Å². The topological polar surface area (TPSA) is 89.2 Å². The van der Waals surface area contributed by atoms with Gasteiger partial charge in [-0.05, 0) is 31.2 Å². The van der Waals surface area contributed by atoms with Crippen molar-refractivity contribution < 1.29 is 30.4 Å². The predicted octanol–water partition coefficient (Wildman–Crippen LogP) is 3.70. The van der Waals surface area contributed by atoms with E-state index in [1.54, 1.807) is 0 Å². The number of rotatable bonds is 7. The predicted molar refractivity (Wildman–Crippen MR) is 94.5 cm³/mol. The Kier molecular flexibility index (Phi) is 5.82. The van der Waals surface area contributed by atoms with Crippen LogP contribution in [0.3, 0.4) is 0 Å². The molecule has 0 aliphatic rings. The molecule has 0 N–H and O–H groups in total. The molecule has 0 radical (unpaired) electrons. The van der Waals surface area contributed by atoms with E-state index in [1.807, 2.05) is 0 Å². The molecule has 2 heterocycles. The molecule has 7 nitrogen and oxygen atoms in total. The van der Waals surface area contributed by atoms with Crippen LogP contribution in [-0.2, 0) is 16.6 Å². The van der Waals surface area contributed by atoms with Gasteiger partial charge in [-0.1, -0.05) is 0 Å². The van der Waals surface area contributed by atoms with Gasteiger partial charge in [-0.15, -0.1) is 10.2 Å². The molecule has 12 heteroatoms. The molecule has 3 rings (SSSR count). The number of benzene rings is 1. The summed E-state index contributed by atoms with van der Waals surface area (Å²) in [5.74, 6) is -3.57. The maximum absolute atomic E-state index is 13.6. The third-order valence-electron chi connectivity index (χ3n) is 3.90. The van der Waals surface area contributed by atoms with Gasteiger partial charge in [-0.25, -0.2) is 17.2 Å². The van der Waals surface area contributed by atoms with Crippen molar-refractivity contribution in [2.45, 2.75) is 19.9 Å². The number of pyridine rings is 1. The largest absolute Gasteiger partial charge is 0.415 e. The molecule has 0 spiro atoms. The van der Waals surface area contributed by atoms with E-state index in [-0.39, 0.29) is 35.1 Å². The minimum absolute atomic E-state index is 0.0601. The van der Waals surface area contributed by atoms with Gasteiger partial charge in [-0.3, -0.25) is 9.29 Å². The van der Waals surface area contributed by atoms with Crippen molar-refractivity contribution in [3.8, 4) is 11.5 Å². The molecular weight excluding hydrogens is 416 g/mol. The van der Waals surface area contributed by atoms with Gasteiger partial charge in [0.05, 0.1) is 29.2 Å². The van der Waals surface area contributed by atoms with E-state index in [2.05, 4.69) is 15.2 Å². The first kappa shape index (κ1) is 20.7. The van der Waals surface area contributed by atoms with E-state index in [0.717, 1.165) is 22.5 Å². The van der Waals surface area contributed by atoms with Gasteiger partial charge < -0.3 is 4.42 Å². The van der Waals surface area contributed by atoms with Gasteiger partial charge >= 0.3 is 6.43 Å². The van der Waals surface area contributed by atoms with Gasteiger partial charge in [0.15, 0.2) is 11.6 Å². The first-order valence-electron chi connectivity index (χ1n) is 8.23. The number of anilines is 1. The molecule has 0 aliphatic heterocycles. The number of hydrogen-bond acceptors (Lipinski definition) is 6. The second-order valence-electron chi connectivity index (χ2n) is 5.79. The molecular formula is C17H14F4N4O3S. The van der Waals surface area contributed by atoms with Crippen LogP contribution in [-0.4, -0.2) is 29.4 Å². The van der Waals surface area contributed by atoms with Gasteiger partial charge in [0.2, 0.25) is 15.9 Å². The van der Waals surface area contributed by atoms with Crippen LogP contribution in [0.4, 0.5) is 23.2 Å². The summed E-state index contributed by atoms with van der Waals surface area (Å²) in [4.78, 5) is 4.07. The molecule has 1 aromatic carbocycles. The molecule has 0 saturated carbocycles. The zero-order valence-corrected chi connectivity index (χ0v) is 15.7. The lowest BCUT2D eigenvalue weighted by Gasteiger charge is -2.23. The minimum Gasteiger partial charge on any atom is -0.415 e. The number of sulfonamides is 1. The van der Waals surface area contributed by atoms with E-state index in [4.69, 9.17) is 4.42 Å². The van der Waals surface area contributed by atoms with E-state index in [9.17, 15) is 26.0 Å². The Labute approximate surface area is 163 Å². The van der Waals surface area contributed by atoms with Crippen molar-refractivity contribution >= 4 is 15.7 Å². The molecule has 0 amide bonds. The van der Waals surface area contributed by atoms with Crippen LogP contribution in [0.15, 0.2) is 40.9 Å². The van der Waals surface area contributed by atoms with Crippen molar-refractivity contribution in [1.82, 2.24) is 15.2 Å². The Bertz CT molecular complexity index is 1100. The van der Waals surface area contributed by atoms with Gasteiger partial charge in [0, 0.05) is 12.3 Å². The Morgan fingerprint density at radius 2 is 1.86 bits per heavy atom. The van der Waals surface area contributed by atoms with Crippen LogP contribution in [0.25, 0.3) is 11.5 Å². The number of nitrogens with zero attached hydrogens (tertiary/aromatic N) is 4. The zero-order chi connectivity index (χ0) is 21.2. The van der Waals surface area contributed by atoms with Crippen LogP contribution in [0, 0.1) is 11.6 Å². The summed E-state index contributed by atoms with van der Waals surface area (Å²) in [6.45, 7) is 1.16. The van der Waals surface area contributed by atoms with E-state index in [0.29, 0.717) is 0 Å². The average Bonchev–Trinajstić information content (AvgIpc) is 3.19. The van der Waals surface area contributed by atoms with Crippen molar-refractivity contribution in [3.63, 3.8) is 0 Å². The summed E-state index contributed by atoms with van der Waals surface area (Å²) in [5.41, 5.74) is 0.463. The summed E-state index contributed by atoms with van der Waals surface area (Å²) < 4.78 is 82.5. The monoisotopic (exact) mass is 430 g/mol. The van der Waals surface area contributed by atoms with E-state index >= 15 is 0 Å². The molecule has 0 saturated heterocycles. The van der Waals surface area contributed by atoms with Crippen molar-refractivity contribution in [1.29, 1.82) is 0 Å². The number of hydrogen-bond donors (Lipinski definition) is 0. The number of aromatic nitrogens is 3. The second-order valence-corrected chi connectivity index (χ2v) is 7.97. The van der Waals surface area contributed by atoms with Crippen LogP contribution in [0.2, 0.25) is 0 Å². The standard InChI is InChI=1S/C17H14F4N4O3S/c1-2-29(26,27)25(12-5-6-13(18)14(19)7-12)9-11-4-3-10(8-22-11)16-23-24-17(28-16)15(20)21/h3-8,15H,2,9H2,1H3. The Morgan fingerprint density at radius 3 is 2.41 bits per heavy atom.